The minimum Gasteiger partial charge on any atom is -0.370 e. The van der Waals surface area contributed by atoms with Crippen LogP contribution in [0.1, 0.15) is 33.3 Å². The van der Waals surface area contributed by atoms with Gasteiger partial charge < -0.3 is 5.32 Å². The summed E-state index contributed by atoms with van der Waals surface area (Å²) in [6.45, 7) is 12.5. The number of nitrogens with one attached hydrogen (secondary N) is 1. The molecule has 0 bridgehead atoms. The third-order valence-corrected chi connectivity index (χ3v) is 4.72. The molecule has 1 aromatic heterocycles. The Kier molecular flexibility index (Phi) is 2.48. The molecule has 2 nitrogen and oxygen atoms in total. The summed E-state index contributed by atoms with van der Waals surface area (Å²) >= 11 is 0. The quantitative estimate of drug-likeness (QED) is 0.840. The Morgan fingerprint density at radius 2 is 1.88 bits per heavy atom. The van der Waals surface area contributed by atoms with Crippen molar-refractivity contribution in [1.29, 1.82) is 0 Å². The van der Waals surface area contributed by atoms with E-state index in [9.17, 15) is 0 Å². The molecule has 0 aromatic carbocycles. The van der Waals surface area contributed by atoms with Crippen molar-refractivity contribution in [2.24, 2.45) is 16.7 Å². The van der Waals surface area contributed by atoms with Crippen molar-refractivity contribution in [1.82, 2.24) is 4.98 Å². The number of aryl methyl sites for hydroxylation is 1. The van der Waals surface area contributed by atoms with Gasteiger partial charge in [-0.05, 0) is 41.4 Å². The Bertz CT molecular complexity index is 379. The molecule has 0 aliphatic heterocycles. The molecule has 0 spiro atoms. The van der Waals surface area contributed by atoms with Crippen LogP contribution < -0.4 is 5.32 Å². The molecule has 0 unspecified atom stereocenters. The van der Waals surface area contributed by atoms with E-state index in [-0.39, 0.29) is 0 Å². The van der Waals surface area contributed by atoms with E-state index in [4.69, 9.17) is 0 Å². The standard InChI is InChI=1S/C14H22N2/c1-10-6-7-15-12(8-10)16-9-11-13(2,3)14(11,4)5/h6-8,11H,9H2,1-5H3,(H,15,16). The molecule has 1 saturated carbocycles. The first-order valence-electron chi connectivity index (χ1n) is 6.02. The summed E-state index contributed by atoms with van der Waals surface area (Å²) in [6.07, 6.45) is 1.86. The molecule has 1 heterocycles. The van der Waals surface area contributed by atoms with Crippen molar-refractivity contribution in [2.75, 3.05) is 11.9 Å². The van der Waals surface area contributed by atoms with Crippen molar-refractivity contribution in [3.8, 4) is 0 Å². The molecule has 1 aliphatic rings. The van der Waals surface area contributed by atoms with Gasteiger partial charge in [0.05, 0.1) is 0 Å². The molecule has 1 aliphatic carbocycles. The lowest BCUT2D eigenvalue weighted by Gasteiger charge is -2.07. The first-order valence-corrected chi connectivity index (χ1v) is 6.02. The van der Waals surface area contributed by atoms with Gasteiger partial charge in [0.1, 0.15) is 5.82 Å². The van der Waals surface area contributed by atoms with E-state index in [1.54, 1.807) is 0 Å². The molecule has 16 heavy (non-hydrogen) atoms. The zero-order valence-corrected chi connectivity index (χ0v) is 11.0. The van der Waals surface area contributed by atoms with Gasteiger partial charge in [0.2, 0.25) is 0 Å². The Morgan fingerprint density at radius 1 is 1.25 bits per heavy atom. The minimum absolute atomic E-state index is 0.448. The van der Waals surface area contributed by atoms with Crippen LogP contribution in [0.3, 0.4) is 0 Å². The van der Waals surface area contributed by atoms with Crippen molar-refractivity contribution in [3.05, 3.63) is 23.9 Å². The average Bonchev–Trinajstić information content (AvgIpc) is 2.55. The molecule has 0 atom stereocenters. The Balaban J connectivity index is 1.95. The number of hydrogen-bond donors (Lipinski definition) is 1. The molecular weight excluding hydrogens is 196 g/mol. The van der Waals surface area contributed by atoms with Crippen LogP contribution in [-0.4, -0.2) is 11.5 Å². The van der Waals surface area contributed by atoms with Crippen LogP contribution in [-0.2, 0) is 0 Å². The fourth-order valence-corrected chi connectivity index (χ4v) is 2.68. The van der Waals surface area contributed by atoms with Gasteiger partial charge in [0, 0.05) is 12.7 Å². The van der Waals surface area contributed by atoms with Crippen LogP contribution in [0.25, 0.3) is 0 Å². The van der Waals surface area contributed by atoms with Crippen molar-refractivity contribution < 1.29 is 0 Å². The van der Waals surface area contributed by atoms with Crippen LogP contribution in [0.15, 0.2) is 18.3 Å². The monoisotopic (exact) mass is 218 g/mol. The maximum atomic E-state index is 4.32. The first-order chi connectivity index (χ1) is 7.35. The van der Waals surface area contributed by atoms with E-state index in [1.807, 2.05) is 12.3 Å². The summed E-state index contributed by atoms with van der Waals surface area (Å²) in [5, 5.41) is 3.45. The van der Waals surface area contributed by atoms with Crippen LogP contribution >= 0.6 is 0 Å². The summed E-state index contributed by atoms with van der Waals surface area (Å²) in [7, 11) is 0. The fourth-order valence-electron chi connectivity index (χ4n) is 2.68. The normalized spacial score (nSPS) is 21.8. The van der Waals surface area contributed by atoms with Crippen molar-refractivity contribution in [2.45, 2.75) is 34.6 Å². The molecule has 2 rings (SSSR count). The minimum atomic E-state index is 0.448. The molecule has 0 amide bonds. The molecule has 1 aromatic rings. The summed E-state index contributed by atoms with van der Waals surface area (Å²) in [5.74, 6) is 1.74. The fraction of sp³-hybridized carbons (Fsp3) is 0.643. The second-order valence-electron chi connectivity index (χ2n) is 6.10. The number of hydrogen-bond acceptors (Lipinski definition) is 2. The van der Waals surface area contributed by atoms with Crippen molar-refractivity contribution in [3.63, 3.8) is 0 Å². The van der Waals surface area contributed by atoms with Gasteiger partial charge >= 0.3 is 0 Å². The molecule has 0 radical (unpaired) electrons. The lowest BCUT2D eigenvalue weighted by molar-refractivity contribution is 0.457. The second kappa shape index (κ2) is 3.47. The lowest BCUT2D eigenvalue weighted by Crippen LogP contribution is -2.09. The number of aromatic nitrogens is 1. The molecule has 1 fully saturated rings. The smallest absolute Gasteiger partial charge is 0.126 e. The van der Waals surface area contributed by atoms with Gasteiger partial charge in [-0.1, -0.05) is 27.7 Å². The zero-order valence-electron chi connectivity index (χ0n) is 11.0. The summed E-state index contributed by atoms with van der Waals surface area (Å²) in [4.78, 5) is 4.32. The van der Waals surface area contributed by atoms with Gasteiger partial charge in [-0.25, -0.2) is 4.98 Å². The van der Waals surface area contributed by atoms with Gasteiger partial charge in [-0.15, -0.1) is 0 Å². The number of pyridine rings is 1. The van der Waals surface area contributed by atoms with Crippen LogP contribution in [0.2, 0.25) is 0 Å². The summed E-state index contributed by atoms with van der Waals surface area (Å²) in [5.41, 5.74) is 2.15. The van der Waals surface area contributed by atoms with E-state index in [0.717, 1.165) is 18.3 Å². The number of rotatable bonds is 3. The summed E-state index contributed by atoms with van der Waals surface area (Å²) in [6, 6.07) is 4.12. The maximum absolute atomic E-state index is 4.32. The Hall–Kier alpha value is -1.05. The molecule has 0 saturated heterocycles. The second-order valence-corrected chi connectivity index (χ2v) is 6.10. The predicted molar refractivity (Wildman–Crippen MR) is 68.5 cm³/mol. The third-order valence-electron chi connectivity index (χ3n) is 4.72. The third kappa shape index (κ3) is 1.70. The summed E-state index contributed by atoms with van der Waals surface area (Å²) < 4.78 is 0. The predicted octanol–water partition coefficient (Wildman–Crippen LogP) is 3.48. The highest BCUT2D eigenvalue weighted by atomic mass is 15.0. The molecule has 2 heteroatoms. The largest absolute Gasteiger partial charge is 0.370 e. The van der Waals surface area contributed by atoms with Gasteiger partial charge in [-0.2, -0.15) is 0 Å². The lowest BCUT2D eigenvalue weighted by atomic mass is 10.0. The van der Waals surface area contributed by atoms with Crippen LogP contribution in [0, 0.1) is 23.7 Å². The average molecular weight is 218 g/mol. The van der Waals surface area contributed by atoms with E-state index in [1.165, 1.54) is 5.56 Å². The van der Waals surface area contributed by atoms with Gasteiger partial charge in [0.25, 0.3) is 0 Å². The van der Waals surface area contributed by atoms with Crippen LogP contribution in [0.4, 0.5) is 5.82 Å². The zero-order chi connectivity index (χ0) is 12.0. The van der Waals surface area contributed by atoms with Crippen molar-refractivity contribution >= 4 is 5.82 Å². The molecule has 1 N–H and O–H groups in total. The van der Waals surface area contributed by atoms with E-state index in [2.05, 4.69) is 51.0 Å². The van der Waals surface area contributed by atoms with Crippen LogP contribution in [0.5, 0.6) is 0 Å². The van der Waals surface area contributed by atoms with E-state index in [0.29, 0.717) is 10.8 Å². The van der Waals surface area contributed by atoms with E-state index >= 15 is 0 Å². The van der Waals surface area contributed by atoms with Gasteiger partial charge in [-0.3, -0.25) is 0 Å². The topological polar surface area (TPSA) is 24.9 Å². The van der Waals surface area contributed by atoms with E-state index < -0.39 is 0 Å². The maximum Gasteiger partial charge on any atom is 0.126 e. The Morgan fingerprint density at radius 3 is 2.38 bits per heavy atom. The first kappa shape index (κ1) is 11.4. The SMILES string of the molecule is Cc1ccnc(NCC2C(C)(C)C2(C)C)c1. The highest BCUT2D eigenvalue weighted by Gasteiger charge is 2.64. The molecule has 88 valence electrons. The highest BCUT2D eigenvalue weighted by Crippen LogP contribution is 2.68. The molecular formula is C14H22N2. The number of anilines is 1. The Labute approximate surface area is 98.5 Å². The van der Waals surface area contributed by atoms with Gasteiger partial charge in [0.15, 0.2) is 0 Å². The highest BCUT2D eigenvalue weighted by molar-refractivity contribution is 5.37. The number of nitrogens with zero attached hydrogens (tertiary/aromatic N) is 1.